The maximum Gasteiger partial charge on any atom is 0.337 e. The van der Waals surface area contributed by atoms with E-state index in [0.717, 1.165) is 0 Å². The first kappa shape index (κ1) is 29.7. The van der Waals surface area contributed by atoms with Crippen molar-refractivity contribution in [3.05, 3.63) is 58.8 Å². The second-order valence-electron chi connectivity index (χ2n) is 8.32. The van der Waals surface area contributed by atoms with Crippen LogP contribution in [0.2, 0.25) is 0 Å². The number of aliphatic hydroxyl groups excluding tert-OH is 1. The summed E-state index contributed by atoms with van der Waals surface area (Å²) in [6.07, 6.45) is 5.58. The standard InChI is InChI=1S/C28H32N4O8/c1-6-12-39-20-10-8-18(13-22(20)36-4)15-29-32-24(33)16-40-21-11-9-19(14-23(21)38-7-2)26-25(27(34)37-5)17(3)30-28(35)31-26/h1,8-11,13-15,24,26,32-33H,7,12,16H2,2-5H3,(H2,30,31,35)/b29-15-/t24-,26-/m0/s1. The molecule has 0 fully saturated rings. The van der Waals surface area contributed by atoms with E-state index in [1.165, 1.54) is 20.4 Å². The van der Waals surface area contributed by atoms with Gasteiger partial charge in [-0.3, -0.25) is 5.43 Å². The monoisotopic (exact) mass is 552 g/mol. The summed E-state index contributed by atoms with van der Waals surface area (Å²) in [5, 5.41) is 19.7. The molecule has 12 nitrogen and oxygen atoms in total. The fourth-order valence-corrected chi connectivity index (χ4v) is 3.82. The molecule has 2 aromatic rings. The van der Waals surface area contributed by atoms with E-state index in [2.05, 4.69) is 27.1 Å². The number of nitrogens with one attached hydrogen (secondary N) is 3. The van der Waals surface area contributed by atoms with E-state index in [0.29, 0.717) is 46.4 Å². The predicted octanol–water partition coefficient (Wildman–Crippen LogP) is 2.23. The van der Waals surface area contributed by atoms with E-state index >= 15 is 0 Å². The Kier molecular flexibility index (Phi) is 10.6. The second-order valence-corrected chi connectivity index (χ2v) is 8.32. The minimum Gasteiger partial charge on any atom is -0.493 e. The topological polar surface area (TPSA) is 149 Å². The fourth-order valence-electron chi connectivity index (χ4n) is 3.82. The molecule has 12 heteroatoms. The van der Waals surface area contributed by atoms with Crippen LogP contribution in [0.3, 0.4) is 0 Å². The highest BCUT2D eigenvalue weighted by Crippen LogP contribution is 2.35. The van der Waals surface area contributed by atoms with Gasteiger partial charge in [0.1, 0.15) is 13.2 Å². The molecule has 0 unspecified atom stereocenters. The number of aliphatic hydroxyl groups is 1. The number of urea groups is 1. The number of nitrogens with zero attached hydrogens (tertiary/aromatic N) is 1. The van der Waals surface area contributed by atoms with Crippen molar-refractivity contribution in [3.8, 4) is 35.3 Å². The van der Waals surface area contributed by atoms with Gasteiger partial charge in [-0.15, -0.1) is 6.42 Å². The average Bonchev–Trinajstić information content (AvgIpc) is 2.95. The number of terminal acetylenes is 1. The number of allylic oxidation sites excluding steroid dienone is 1. The van der Waals surface area contributed by atoms with Gasteiger partial charge in [0.2, 0.25) is 0 Å². The number of rotatable bonds is 13. The third-order valence-electron chi connectivity index (χ3n) is 5.61. The summed E-state index contributed by atoms with van der Waals surface area (Å²) in [6.45, 7) is 3.72. The lowest BCUT2D eigenvalue weighted by molar-refractivity contribution is -0.136. The van der Waals surface area contributed by atoms with Crippen LogP contribution in [0.25, 0.3) is 0 Å². The smallest absolute Gasteiger partial charge is 0.337 e. The molecule has 0 aliphatic carbocycles. The van der Waals surface area contributed by atoms with Gasteiger partial charge in [0.05, 0.1) is 38.7 Å². The maximum absolute atomic E-state index is 12.4. The first-order valence-corrected chi connectivity index (χ1v) is 12.3. The van der Waals surface area contributed by atoms with E-state index in [1.807, 2.05) is 0 Å². The Labute approximate surface area is 232 Å². The van der Waals surface area contributed by atoms with Crippen molar-refractivity contribution in [2.24, 2.45) is 5.10 Å². The third-order valence-corrected chi connectivity index (χ3v) is 5.61. The Balaban J connectivity index is 1.67. The number of esters is 1. The third kappa shape index (κ3) is 7.58. The number of carbonyl (C=O) groups excluding carboxylic acids is 2. The number of ether oxygens (including phenoxy) is 5. The van der Waals surface area contributed by atoms with Crippen LogP contribution in [-0.4, -0.2) is 63.6 Å². The number of hydrogen-bond acceptors (Lipinski definition) is 10. The minimum absolute atomic E-state index is 0.116. The van der Waals surface area contributed by atoms with Crippen molar-refractivity contribution in [2.75, 3.05) is 34.0 Å². The van der Waals surface area contributed by atoms with E-state index in [1.54, 1.807) is 50.2 Å². The zero-order valence-electron chi connectivity index (χ0n) is 22.6. The lowest BCUT2D eigenvalue weighted by atomic mass is 9.95. The molecular weight excluding hydrogens is 520 g/mol. The zero-order valence-corrected chi connectivity index (χ0v) is 22.6. The molecule has 2 atom stereocenters. The highest BCUT2D eigenvalue weighted by Gasteiger charge is 2.32. The van der Waals surface area contributed by atoms with Gasteiger partial charge < -0.3 is 39.4 Å². The Bertz CT molecular complexity index is 1320. The highest BCUT2D eigenvalue weighted by molar-refractivity contribution is 5.95. The summed E-state index contributed by atoms with van der Waals surface area (Å²) < 4.78 is 27.1. The van der Waals surface area contributed by atoms with Gasteiger partial charge in [0, 0.05) is 5.70 Å². The average molecular weight is 553 g/mol. The summed E-state index contributed by atoms with van der Waals surface area (Å²) in [6, 6.07) is 8.94. The molecule has 0 spiro atoms. The zero-order chi connectivity index (χ0) is 29.1. The number of carbonyl (C=O) groups is 2. The molecule has 3 rings (SSSR count). The quantitative estimate of drug-likeness (QED) is 0.0965. The molecule has 0 saturated carbocycles. The van der Waals surface area contributed by atoms with Crippen LogP contribution in [0.15, 0.2) is 52.8 Å². The molecule has 0 bridgehead atoms. The molecule has 0 radical (unpaired) electrons. The van der Waals surface area contributed by atoms with Gasteiger partial charge in [-0.2, -0.15) is 5.10 Å². The van der Waals surface area contributed by atoms with Crippen molar-refractivity contribution in [2.45, 2.75) is 26.1 Å². The largest absolute Gasteiger partial charge is 0.493 e. The molecule has 1 heterocycles. The lowest BCUT2D eigenvalue weighted by Gasteiger charge is -2.28. The second kappa shape index (κ2) is 14.3. The fraction of sp³-hybridized carbons (Fsp3) is 0.321. The van der Waals surface area contributed by atoms with Gasteiger partial charge in [-0.05, 0) is 55.3 Å². The van der Waals surface area contributed by atoms with Crippen LogP contribution in [0.5, 0.6) is 23.0 Å². The lowest BCUT2D eigenvalue weighted by Crippen LogP contribution is -2.45. The summed E-state index contributed by atoms with van der Waals surface area (Å²) in [7, 11) is 2.78. The SMILES string of the molecule is C#CCOc1ccc(/C=N\N[C@@H](O)COc2ccc([C@@H]3NC(=O)NC(C)=C3C(=O)OC)cc2OCC)cc1OC. The maximum atomic E-state index is 12.4. The molecule has 2 amide bonds. The molecule has 4 N–H and O–H groups in total. The molecule has 0 aromatic heterocycles. The van der Waals surface area contributed by atoms with Crippen molar-refractivity contribution in [1.82, 2.24) is 16.1 Å². The van der Waals surface area contributed by atoms with Gasteiger partial charge in [0.15, 0.2) is 29.2 Å². The first-order chi connectivity index (χ1) is 19.3. The number of methoxy groups -OCH3 is 2. The van der Waals surface area contributed by atoms with Crippen LogP contribution < -0.4 is 35.0 Å². The molecule has 40 heavy (non-hydrogen) atoms. The van der Waals surface area contributed by atoms with E-state index in [4.69, 9.17) is 30.1 Å². The van der Waals surface area contributed by atoms with Gasteiger partial charge in [0.25, 0.3) is 0 Å². The summed E-state index contributed by atoms with van der Waals surface area (Å²) in [5.41, 5.74) is 4.52. The molecule has 0 saturated heterocycles. The Morgan fingerprint density at radius 2 is 1.90 bits per heavy atom. The van der Waals surface area contributed by atoms with Crippen molar-refractivity contribution >= 4 is 18.2 Å². The number of benzene rings is 2. The number of amides is 2. The van der Waals surface area contributed by atoms with Crippen LogP contribution in [-0.2, 0) is 9.53 Å². The Morgan fingerprint density at radius 1 is 1.15 bits per heavy atom. The Hall–Kier alpha value is -4.89. The van der Waals surface area contributed by atoms with Crippen molar-refractivity contribution in [3.63, 3.8) is 0 Å². The highest BCUT2D eigenvalue weighted by atomic mass is 16.5. The van der Waals surface area contributed by atoms with Crippen LogP contribution in [0.1, 0.15) is 31.0 Å². The molecule has 2 aromatic carbocycles. The van der Waals surface area contributed by atoms with Gasteiger partial charge in [-0.1, -0.05) is 12.0 Å². The van der Waals surface area contributed by atoms with Crippen LogP contribution in [0.4, 0.5) is 4.79 Å². The van der Waals surface area contributed by atoms with Crippen LogP contribution in [0, 0.1) is 12.3 Å². The van der Waals surface area contributed by atoms with E-state index < -0.39 is 24.3 Å². The summed E-state index contributed by atoms with van der Waals surface area (Å²) in [5.74, 6) is 3.53. The molecule has 1 aliphatic heterocycles. The summed E-state index contributed by atoms with van der Waals surface area (Å²) in [4.78, 5) is 24.5. The first-order valence-electron chi connectivity index (χ1n) is 12.3. The van der Waals surface area contributed by atoms with Gasteiger partial charge in [-0.25, -0.2) is 9.59 Å². The van der Waals surface area contributed by atoms with E-state index in [-0.39, 0.29) is 18.8 Å². The number of hydrazone groups is 1. The normalized spacial score (nSPS) is 15.4. The summed E-state index contributed by atoms with van der Waals surface area (Å²) >= 11 is 0. The molecular formula is C28H32N4O8. The number of hydrogen-bond donors (Lipinski definition) is 4. The molecule has 212 valence electrons. The van der Waals surface area contributed by atoms with E-state index in [9.17, 15) is 14.7 Å². The van der Waals surface area contributed by atoms with Crippen molar-refractivity contribution < 1.29 is 38.4 Å². The van der Waals surface area contributed by atoms with Crippen molar-refractivity contribution in [1.29, 1.82) is 0 Å². The van der Waals surface area contributed by atoms with Crippen LogP contribution >= 0.6 is 0 Å². The Morgan fingerprint density at radius 3 is 2.60 bits per heavy atom. The predicted molar refractivity (Wildman–Crippen MR) is 146 cm³/mol. The minimum atomic E-state index is -1.15. The molecule has 1 aliphatic rings. The van der Waals surface area contributed by atoms with Gasteiger partial charge >= 0.3 is 12.0 Å².